The van der Waals surface area contributed by atoms with E-state index in [4.69, 9.17) is 9.97 Å². The Hall–Kier alpha value is -4.46. The molecule has 0 atom stereocenters. The Labute approximate surface area is 195 Å². The molecule has 8 nitrogen and oxygen atoms in total. The van der Waals surface area contributed by atoms with Gasteiger partial charge in [0.2, 0.25) is 0 Å². The molecule has 0 radical (unpaired) electrons. The topological polar surface area (TPSA) is 109 Å². The van der Waals surface area contributed by atoms with E-state index in [1.807, 2.05) is 48.5 Å². The number of rotatable bonds is 6. The van der Waals surface area contributed by atoms with Crippen LogP contribution in [0.3, 0.4) is 0 Å². The number of nitrogens with one attached hydrogen (secondary N) is 2. The van der Waals surface area contributed by atoms with Gasteiger partial charge in [-0.2, -0.15) is 0 Å². The van der Waals surface area contributed by atoms with Crippen LogP contribution in [0.25, 0.3) is 44.8 Å². The lowest BCUT2D eigenvalue weighted by Gasteiger charge is -2.10. The number of fused-ring (bicyclic) bond motifs is 2. The molecule has 0 bridgehead atoms. The maximum Gasteiger partial charge on any atom is 0.159 e. The van der Waals surface area contributed by atoms with Crippen LogP contribution in [0.15, 0.2) is 73.3 Å². The highest BCUT2D eigenvalue weighted by Crippen LogP contribution is 2.30. The number of imidazole rings is 2. The molecule has 2 aromatic carbocycles. The SMILES string of the molecule is CCCC(c1nc2cc(-c3ncccn3)ccc2[nH]1)c1nc2cc(-c3ncccn3)ccc2[nH]1. The van der Waals surface area contributed by atoms with E-state index in [9.17, 15) is 0 Å². The van der Waals surface area contributed by atoms with Crippen LogP contribution in [0, 0.1) is 0 Å². The van der Waals surface area contributed by atoms with Gasteiger partial charge in [0.25, 0.3) is 0 Å². The Kier molecular flexibility index (Phi) is 5.03. The largest absolute Gasteiger partial charge is 0.341 e. The van der Waals surface area contributed by atoms with Crippen molar-refractivity contribution in [1.82, 2.24) is 39.9 Å². The molecular weight excluding hydrogens is 424 g/mol. The van der Waals surface area contributed by atoms with Crippen LogP contribution in [0.2, 0.25) is 0 Å². The van der Waals surface area contributed by atoms with Crippen molar-refractivity contribution in [2.45, 2.75) is 25.7 Å². The third kappa shape index (κ3) is 3.69. The van der Waals surface area contributed by atoms with Gasteiger partial charge in [-0.25, -0.2) is 29.9 Å². The van der Waals surface area contributed by atoms with Gasteiger partial charge in [0, 0.05) is 35.9 Å². The first-order chi connectivity index (χ1) is 16.8. The van der Waals surface area contributed by atoms with Crippen molar-refractivity contribution in [3.8, 4) is 22.8 Å². The zero-order chi connectivity index (χ0) is 22.9. The average molecular weight is 447 g/mol. The van der Waals surface area contributed by atoms with E-state index < -0.39 is 0 Å². The molecular formula is C26H22N8. The Morgan fingerprint density at radius 1 is 0.676 bits per heavy atom. The predicted molar refractivity (Wildman–Crippen MR) is 131 cm³/mol. The Balaban J connectivity index is 1.38. The van der Waals surface area contributed by atoms with Crippen LogP contribution in [0.5, 0.6) is 0 Å². The van der Waals surface area contributed by atoms with E-state index in [1.165, 1.54) is 0 Å². The summed E-state index contributed by atoms with van der Waals surface area (Å²) in [6.45, 7) is 2.17. The van der Waals surface area contributed by atoms with Crippen molar-refractivity contribution in [1.29, 1.82) is 0 Å². The van der Waals surface area contributed by atoms with Crippen LogP contribution in [0.4, 0.5) is 0 Å². The van der Waals surface area contributed by atoms with Crippen molar-refractivity contribution in [2.24, 2.45) is 0 Å². The molecule has 0 unspecified atom stereocenters. The highest BCUT2D eigenvalue weighted by molar-refractivity contribution is 5.82. The summed E-state index contributed by atoms with van der Waals surface area (Å²) < 4.78 is 0. The fourth-order valence-electron chi connectivity index (χ4n) is 4.25. The molecule has 2 N–H and O–H groups in total. The number of hydrogen-bond acceptors (Lipinski definition) is 6. The van der Waals surface area contributed by atoms with Gasteiger partial charge in [0.15, 0.2) is 11.6 Å². The Morgan fingerprint density at radius 3 is 1.59 bits per heavy atom. The molecule has 6 rings (SSSR count). The minimum Gasteiger partial charge on any atom is -0.341 e. The van der Waals surface area contributed by atoms with Crippen molar-refractivity contribution >= 4 is 22.1 Å². The van der Waals surface area contributed by atoms with Gasteiger partial charge >= 0.3 is 0 Å². The first-order valence-corrected chi connectivity index (χ1v) is 11.3. The van der Waals surface area contributed by atoms with Crippen LogP contribution < -0.4 is 0 Å². The summed E-state index contributed by atoms with van der Waals surface area (Å²) in [6, 6.07) is 15.8. The van der Waals surface area contributed by atoms with Crippen LogP contribution in [-0.4, -0.2) is 39.9 Å². The lowest BCUT2D eigenvalue weighted by molar-refractivity contribution is 0.641. The van der Waals surface area contributed by atoms with E-state index in [0.717, 1.165) is 57.7 Å². The normalized spacial score (nSPS) is 11.6. The molecule has 0 aliphatic carbocycles. The van der Waals surface area contributed by atoms with Crippen LogP contribution in [0.1, 0.15) is 37.3 Å². The van der Waals surface area contributed by atoms with E-state index in [1.54, 1.807) is 24.8 Å². The van der Waals surface area contributed by atoms with Gasteiger partial charge in [-0.05, 0) is 55.0 Å². The summed E-state index contributed by atoms with van der Waals surface area (Å²) in [7, 11) is 0. The van der Waals surface area contributed by atoms with Gasteiger partial charge in [-0.15, -0.1) is 0 Å². The lowest BCUT2D eigenvalue weighted by atomic mass is 10.0. The summed E-state index contributed by atoms with van der Waals surface area (Å²) in [6.07, 6.45) is 8.91. The third-order valence-electron chi connectivity index (χ3n) is 5.89. The molecule has 4 aromatic heterocycles. The first kappa shape index (κ1) is 20.2. The number of aromatic amines is 2. The van der Waals surface area contributed by atoms with E-state index in [0.29, 0.717) is 11.6 Å². The number of aromatic nitrogens is 8. The molecule has 4 heterocycles. The van der Waals surface area contributed by atoms with Gasteiger partial charge in [-0.3, -0.25) is 0 Å². The minimum atomic E-state index is 0.0256. The number of H-pyrrole nitrogens is 2. The van der Waals surface area contributed by atoms with Gasteiger partial charge in [0.1, 0.15) is 11.6 Å². The minimum absolute atomic E-state index is 0.0256. The molecule has 0 spiro atoms. The second-order valence-corrected chi connectivity index (χ2v) is 8.19. The summed E-state index contributed by atoms with van der Waals surface area (Å²) in [5.41, 5.74) is 5.63. The summed E-state index contributed by atoms with van der Waals surface area (Å²) in [4.78, 5) is 34.3. The van der Waals surface area contributed by atoms with E-state index in [-0.39, 0.29) is 5.92 Å². The van der Waals surface area contributed by atoms with E-state index in [2.05, 4.69) is 36.8 Å². The summed E-state index contributed by atoms with van der Waals surface area (Å²) in [5, 5.41) is 0. The molecule has 0 amide bonds. The molecule has 34 heavy (non-hydrogen) atoms. The Morgan fingerprint density at radius 2 is 1.15 bits per heavy atom. The number of hydrogen-bond donors (Lipinski definition) is 2. The van der Waals surface area contributed by atoms with Crippen molar-refractivity contribution in [3.05, 3.63) is 85.0 Å². The number of nitrogens with zero attached hydrogens (tertiary/aromatic N) is 6. The monoisotopic (exact) mass is 446 g/mol. The zero-order valence-corrected chi connectivity index (χ0v) is 18.6. The number of benzene rings is 2. The molecule has 0 fully saturated rings. The van der Waals surface area contributed by atoms with E-state index >= 15 is 0 Å². The standard InChI is InChI=1S/C26H22N8/c1-2-5-18(25-31-19-8-6-16(14-21(19)33-25)23-27-10-3-11-28-23)26-32-20-9-7-17(15-22(20)34-26)24-29-12-4-13-30-24/h3-4,6-15,18H,2,5H2,1H3,(H,31,33)(H,32,34). The third-order valence-corrected chi connectivity index (χ3v) is 5.89. The van der Waals surface area contributed by atoms with Crippen LogP contribution >= 0.6 is 0 Å². The second kappa shape index (κ2) is 8.47. The van der Waals surface area contributed by atoms with Crippen LogP contribution in [-0.2, 0) is 0 Å². The fraction of sp³-hybridized carbons (Fsp3) is 0.154. The smallest absolute Gasteiger partial charge is 0.159 e. The first-order valence-electron chi connectivity index (χ1n) is 11.3. The molecule has 0 aliphatic heterocycles. The fourth-order valence-corrected chi connectivity index (χ4v) is 4.25. The molecule has 0 saturated heterocycles. The van der Waals surface area contributed by atoms with Crippen molar-refractivity contribution in [2.75, 3.05) is 0 Å². The van der Waals surface area contributed by atoms with Gasteiger partial charge in [-0.1, -0.05) is 13.3 Å². The zero-order valence-electron chi connectivity index (χ0n) is 18.6. The summed E-state index contributed by atoms with van der Waals surface area (Å²) >= 11 is 0. The highest BCUT2D eigenvalue weighted by Gasteiger charge is 2.21. The second-order valence-electron chi connectivity index (χ2n) is 8.19. The quantitative estimate of drug-likeness (QED) is 0.360. The average Bonchev–Trinajstić information content (AvgIpc) is 3.51. The maximum atomic E-state index is 4.94. The van der Waals surface area contributed by atoms with Gasteiger partial charge in [0.05, 0.1) is 28.0 Å². The molecule has 0 saturated carbocycles. The lowest BCUT2D eigenvalue weighted by Crippen LogP contribution is -2.05. The molecule has 6 aromatic rings. The van der Waals surface area contributed by atoms with Gasteiger partial charge < -0.3 is 9.97 Å². The molecule has 0 aliphatic rings. The van der Waals surface area contributed by atoms with Crippen molar-refractivity contribution in [3.63, 3.8) is 0 Å². The summed E-state index contributed by atoms with van der Waals surface area (Å²) in [5.74, 6) is 3.20. The molecule has 166 valence electrons. The van der Waals surface area contributed by atoms with Crippen molar-refractivity contribution < 1.29 is 0 Å². The Bertz CT molecular complexity index is 1450. The molecule has 8 heteroatoms. The predicted octanol–water partition coefficient (Wildman–Crippen LogP) is 5.29. The highest BCUT2D eigenvalue weighted by atomic mass is 15.0. The maximum absolute atomic E-state index is 4.94.